The fraction of sp³-hybridized carbons (Fsp3) is 0.308. The lowest BCUT2D eigenvalue weighted by Crippen LogP contribution is -1.86. The van der Waals surface area contributed by atoms with Gasteiger partial charge in [0.05, 0.1) is 5.70 Å². The van der Waals surface area contributed by atoms with Gasteiger partial charge in [0.1, 0.15) is 0 Å². The van der Waals surface area contributed by atoms with Crippen molar-refractivity contribution in [2.75, 3.05) is 5.73 Å². The summed E-state index contributed by atoms with van der Waals surface area (Å²) in [4.78, 5) is 4.43. The number of rotatable bonds is 4. The van der Waals surface area contributed by atoms with E-state index < -0.39 is 0 Å². The van der Waals surface area contributed by atoms with Gasteiger partial charge >= 0.3 is 0 Å². The minimum Gasteiger partial charge on any atom is -0.399 e. The summed E-state index contributed by atoms with van der Waals surface area (Å²) >= 11 is 0. The highest BCUT2D eigenvalue weighted by molar-refractivity contribution is 5.74. The van der Waals surface area contributed by atoms with Crippen molar-refractivity contribution in [2.24, 2.45) is 4.99 Å². The molecule has 0 saturated heterocycles. The number of nitrogens with two attached hydrogens (primary N) is 1. The quantitative estimate of drug-likeness (QED) is 0.589. The van der Waals surface area contributed by atoms with Gasteiger partial charge in [-0.25, -0.2) is 0 Å². The molecule has 2 N–H and O–H groups in total. The third-order valence-electron chi connectivity index (χ3n) is 2.13. The predicted molar refractivity (Wildman–Crippen MR) is 67.9 cm³/mol. The van der Waals surface area contributed by atoms with Crippen LogP contribution in [0.25, 0.3) is 5.70 Å². The first-order valence-corrected chi connectivity index (χ1v) is 5.32. The zero-order chi connectivity index (χ0) is 11.1. The van der Waals surface area contributed by atoms with Crippen LogP contribution in [0.4, 0.5) is 5.69 Å². The number of nitrogens with zero attached hydrogens (tertiary/aromatic N) is 1. The molecule has 0 bridgehead atoms. The molecule has 15 heavy (non-hydrogen) atoms. The Balaban J connectivity index is 2.80. The van der Waals surface area contributed by atoms with Crippen molar-refractivity contribution in [3.05, 3.63) is 35.9 Å². The number of benzene rings is 1. The Bertz CT molecular complexity index is 347. The highest BCUT2D eigenvalue weighted by atomic mass is 14.7. The molecular formula is C13H18N2. The van der Waals surface area contributed by atoms with Gasteiger partial charge in [-0.1, -0.05) is 31.6 Å². The lowest BCUT2D eigenvalue weighted by atomic mass is 10.1. The van der Waals surface area contributed by atoms with Crippen molar-refractivity contribution in [1.29, 1.82) is 0 Å². The van der Waals surface area contributed by atoms with Crippen LogP contribution in [0.2, 0.25) is 0 Å². The largest absolute Gasteiger partial charge is 0.399 e. The maximum absolute atomic E-state index is 5.63. The number of nitrogen functional groups attached to an aromatic ring is 1. The van der Waals surface area contributed by atoms with Gasteiger partial charge in [-0.05, 0) is 31.0 Å². The molecule has 1 aromatic carbocycles. The van der Waals surface area contributed by atoms with Crippen molar-refractivity contribution < 1.29 is 0 Å². The Labute approximate surface area is 91.5 Å². The minimum atomic E-state index is 0.784. The summed E-state index contributed by atoms with van der Waals surface area (Å²) in [6.07, 6.45) is 6.12. The van der Waals surface area contributed by atoms with Gasteiger partial charge in [0, 0.05) is 11.9 Å². The second-order valence-corrected chi connectivity index (χ2v) is 3.40. The molecule has 0 heterocycles. The number of hydrogen-bond acceptors (Lipinski definition) is 2. The van der Waals surface area contributed by atoms with Crippen LogP contribution in [0.3, 0.4) is 0 Å². The van der Waals surface area contributed by atoms with Crippen LogP contribution in [0.5, 0.6) is 0 Å². The summed E-state index contributed by atoms with van der Waals surface area (Å²) in [6, 6.07) is 7.78. The highest BCUT2D eigenvalue weighted by Crippen LogP contribution is 2.16. The van der Waals surface area contributed by atoms with E-state index in [4.69, 9.17) is 5.73 Å². The molecule has 0 aromatic heterocycles. The summed E-state index contributed by atoms with van der Waals surface area (Å²) in [5.74, 6) is 0. The molecule has 0 radical (unpaired) electrons. The van der Waals surface area contributed by atoms with E-state index in [-0.39, 0.29) is 0 Å². The topological polar surface area (TPSA) is 38.4 Å². The van der Waals surface area contributed by atoms with Crippen LogP contribution in [0.1, 0.15) is 32.3 Å². The van der Waals surface area contributed by atoms with Crippen LogP contribution in [-0.4, -0.2) is 6.21 Å². The van der Waals surface area contributed by atoms with E-state index in [0.29, 0.717) is 0 Å². The van der Waals surface area contributed by atoms with Gasteiger partial charge in [0.2, 0.25) is 0 Å². The van der Waals surface area contributed by atoms with Crippen LogP contribution in [0, 0.1) is 0 Å². The van der Waals surface area contributed by atoms with Gasteiger partial charge in [0.15, 0.2) is 0 Å². The Morgan fingerprint density at radius 3 is 2.53 bits per heavy atom. The summed E-state index contributed by atoms with van der Waals surface area (Å²) in [6.45, 7) is 4.14. The second kappa shape index (κ2) is 6.02. The number of hydrogen-bond donors (Lipinski definition) is 1. The second-order valence-electron chi connectivity index (χ2n) is 3.40. The van der Waals surface area contributed by atoms with Crippen molar-refractivity contribution >= 4 is 17.6 Å². The maximum Gasteiger partial charge on any atom is 0.0655 e. The summed E-state index contributed by atoms with van der Waals surface area (Å²) < 4.78 is 0. The molecule has 0 amide bonds. The van der Waals surface area contributed by atoms with Gasteiger partial charge in [0.25, 0.3) is 0 Å². The standard InChI is InChI=1S/C13H18N2/c1-3-5-10-15-13(4-2)11-6-8-12(14)9-7-11/h4,6-10H,3,5,14H2,1-2H3/b13-4-,15-10-. The van der Waals surface area contributed by atoms with Crippen molar-refractivity contribution in [1.82, 2.24) is 0 Å². The van der Waals surface area contributed by atoms with Gasteiger partial charge < -0.3 is 5.73 Å². The van der Waals surface area contributed by atoms with E-state index in [1.165, 1.54) is 0 Å². The van der Waals surface area contributed by atoms with E-state index in [1.807, 2.05) is 43.5 Å². The molecule has 0 unspecified atom stereocenters. The zero-order valence-corrected chi connectivity index (χ0v) is 9.40. The van der Waals surface area contributed by atoms with Crippen LogP contribution in [0.15, 0.2) is 35.3 Å². The van der Waals surface area contributed by atoms with Crippen LogP contribution < -0.4 is 5.73 Å². The lowest BCUT2D eigenvalue weighted by Gasteiger charge is -2.01. The van der Waals surface area contributed by atoms with Crippen molar-refractivity contribution in [3.8, 4) is 0 Å². The number of unbranched alkanes of at least 4 members (excludes halogenated alkanes) is 1. The predicted octanol–water partition coefficient (Wildman–Crippen LogP) is 3.50. The average molecular weight is 202 g/mol. The molecule has 0 atom stereocenters. The van der Waals surface area contributed by atoms with Crippen LogP contribution >= 0.6 is 0 Å². The first-order chi connectivity index (χ1) is 7.27. The fourth-order valence-electron chi connectivity index (χ4n) is 1.26. The van der Waals surface area contributed by atoms with E-state index >= 15 is 0 Å². The molecule has 1 rings (SSSR count). The molecule has 0 aliphatic carbocycles. The van der Waals surface area contributed by atoms with Gasteiger partial charge in [-0.3, -0.25) is 4.99 Å². The molecule has 0 spiro atoms. The van der Waals surface area contributed by atoms with E-state index in [2.05, 4.69) is 11.9 Å². The first-order valence-electron chi connectivity index (χ1n) is 5.32. The maximum atomic E-state index is 5.63. The number of anilines is 1. The van der Waals surface area contributed by atoms with E-state index in [0.717, 1.165) is 29.8 Å². The average Bonchev–Trinajstić information content (AvgIpc) is 2.26. The molecule has 0 saturated carbocycles. The Morgan fingerprint density at radius 1 is 1.33 bits per heavy atom. The lowest BCUT2D eigenvalue weighted by molar-refractivity contribution is 1.01. The van der Waals surface area contributed by atoms with Crippen LogP contribution in [-0.2, 0) is 0 Å². The molecular weight excluding hydrogens is 184 g/mol. The Kier molecular flexibility index (Phi) is 4.61. The van der Waals surface area contributed by atoms with Gasteiger partial charge in [-0.2, -0.15) is 0 Å². The monoisotopic (exact) mass is 202 g/mol. The molecule has 1 aromatic rings. The highest BCUT2D eigenvalue weighted by Gasteiger charge is 1.96. The van der Waals surface area contributed by atoms with Gasteiger partial charge in [-0.15, -0.1) is 0 Å². The molecule has 2 heteroatoms. The number of aliphatic imine (C=N–C) groups is 1. The third-order valence-corrected chi connectivity index (χ3v) is 2.13. The SMILES string of the molecule is C/C=C(\N=C/CCC)c1ccc(N)cc1. The molecule has 80 valence electrons. The minimum absolute atomic E-state index is 0.784. The Hall–Kier alpha value is -1.57. The first kappa shape index (κ1) is 11.5. The van der Waals surface area contributed by atoms with Crippen molar-refractivity contribution in [3.63, 3.8) is 0 Å². The Morgan fingerprint density at radius 2 is 2.00 bits per heavy atom. The number of allylic oxidation sites excluding steroid dienone is 1. The summed E-state index contributed by atoms with van der Waals surface area (Å²) in [7, 11) is 0. The summed E-state index contributed by atoms with van der Waals surface area (Å²) in [5, 5.41) is 0. The molecule has 0 aliphatic heterocycles. The normalized spacial score (nSPS) is 12.3. The fourth-order valence-corrected chi connectivity index (χ4v) is 1.26. The summed E-state index contributed by atoms with van der Waals surface area (Å²) in [5.41, 5.74) is 8.53. The van der Waals surface area contributed by atoms with E-state index in [9.17, 15) is 0 Å². The third kappa shape index (κ3) is 3.58. The molecule has 0 fully saturated rings. The smallest absolute Gasteiger partial charge is 0.0655 e. The van der Waals surface area contributed by atoms with E-state index in [1.54, 1.807) is 0 Å². The molecule has 0 aliphatic rings. The van der Waals surface area contributed by atoms with Crippen molar-refractivity contribution in [2.45, 2.75) is 26.7 Å². The zero-order valence-electron chi connectivity index (χ0n) is 9.40. The molecule has 2 nitrogen and oxygen atoms in total.